The second-order valence-corrected chi connectivity index (χ2v) is 4.85. The molecule has 2 N–H and O–H groups in total. The van der Waals surface area contributed by atoms with Gasteiger partial charge in [0.1, 0.15) is 12.4 Å². The predicted molar refractivity (Wildman–Crippen MR) is 69.2 cm³/mol. The minimum atomic E-state index is -0.404. The summed E-state index contributed by atoms with van der Waals surface area (Å²) in [4.78, 5) is 0.596. The largest absolute Gasteiger partial charge is 0.399 e. The Kier molecular flexibility index (Phi) is 2.88. The minimum absolute atomic E-state index is 0.300. The van der Waals surface area contributed by atoms with Crippen LogP contribution in [0.5, 0.6) is 0 Å². The van der Waals surface area contributed by atoms with Crippen LogP contribution in [-0.2, 0) is 11.3 Å². The summed E-state index contributed by atoms with van der Waals surface area (Å²) in [5.74, 6) is 0.175. The van der Waals surface area contributed by atoms with Crippen LogP contribution in [-0.4, -0.2) is 26.9 Å². The summed E-state index contributed by atoms with van der Waals surface area (Å²) in [5.41, 5.74) is 6.30. The van der Waals surface area contributed by atoms with Crippen LogP contribution in [0.25, 0.3) is 15.5 Å². The summed E-state index contributed by atoms with van der Waals surface area (Å²) in [6, 6.07) is 4.51. The standard InChI is InChI=1S/C11H10FN5OS/c1-18-5-9-14-15-11-17(9)16-10(19-11)7-3-2-6(13)4-8(7)12/h2-4H,5,13H2,1H3. The Bertz CT molecular complexity index is 738. The van der Waals surface area contributed by atoms with E-state index in [-0.39, 0.29) is 0 Å². The highest BCUT2D eigenvalue weighted by Crippen LogP contribution is 2.28. The summed E-state index contributed by atoms with van der Waals surface area (Å²) in [6.07, 6.45) is 0. The predicted octanol–water partition coefficient (Wildman–Crippen LogP) is 1.72. The van der Waals surface area contributed by atoms with Crippen LogP contribution in [0, 0.1) is 5.82 Å². The molecular formula is C11H10FN5OS. The summed E-state index contributed by atoms with van der Waals surface area (Å²) in [7, 11) is 1.56. The maximum atomic E-state index is 13.8. The number of nitrogen functional groups attached to an aromatic ring is 1. The highest BCUT2D eigenvalue weighted by molar-refractivity contribution is 7.19. The average molecular weight is 279 g/mol. The van der Waals surface area contributed by atoms with Gasteiger partial charge in [-0.1, -0.05) is 11.3 Å². The molecule has 0 saturated heterocycles. The Balaban J connectivity index is 2.10. The summed E-state index contributed by atoms with van der Waals surface area (Å²) < 4.78 is 20.4. The molecule has 19 heavy (non-hydrogen) atoms. The van der Waals surface area contributed by atoms with Crippen LogP contribution in [0.1, 0.15) is 5.82 Å². The molecule has 3 rings (SSSR count). The molecule has 2 heterocycles. The lowest BCUT2D eigenvalue weighted by atomic mass is 10.2. The third-order valence-corrected chi connectivity index (χ3v) is 3.48. The van der Waals surface area contributed by atoms with Gasteiger partial charge in [-0.15, -0.1) is 10.2 Å². The van der Waals surface area contributed by atoms with Crippen molar-refractivity contribution in [1.29, 1.82) is 0 Å². The number of fused-ring (bicyclic) bond motifs is 1. The fraction of sp³-hybridized carbons (Fsp3) is 0.182. The molecule has 0 saturated carbocycles. The molecule has 0 aliphatic heterocycles. The highest BCUT2D eigenvalue weighted by atomic mass is 32.1. The van der Waals surface area contributed by atoms with Gasteiger partial charge >= 0.3 is 0 Å². The van der Waals surface area contributed by atoms with E-state index < -0.39 is 5.82 Å². The van der Waals surface area contributed by atoms with Crippen molar-refractivity contribution in [2.24, 2.45) is 0 Å². The zero-order valence-electron chi connectivity index (χ0n) is 10.00. The number of nitrogens with zero attached hydrogens (tertiary/aromatic N) is 4. The smallest absolute Gasteiger partial charge is 0.235 e. The number of nitrogens with two attached hydrogens (primary N) is 1. The Morgan fingerprint density at radius 1 is 1.42 bits per heavy atom. The molecular weight excluding hydrogens is 269 g/mol. The summed E-state index contributed by atoms with van der Waals surface area (Å²) in [6.45, 7) is 0.300. The maximum absolute atomic E-state index is 13.8. The Hall–Kier alpha value is -2.06. The molecule has 0 atom stereocenters. The molecule has 1 aromatic carbocycles. The lowest BCUT2D eigenvalue weighted by Gasteiger charge is -1.99. The van der Waals surface area contributed by atoms with Gasteiger partial charge < -0.3 is 10.5 Å². The first-order valence-electron chi connectivity index (χ1n) is 5.44. The van der Waals surface area contributed by atoms with Crippen LogP contribution in [0.4, 0.5) is 10.1 Å². The number of hydrogen-bond donors (Lipinski definition) is 1. The summed E-state index contributed by atoms with van der Waals surface area (Å²) >= 11 is 1.26. The molecule has 3 aromatic rings. The van der Waals surface area contributed by atoms with Gasteiger partial charge in [-0.25, -0.2) is 4.39 Å². The lowest BCUT2D eigenvalue weighted by molar-refractivity contribution is 0.176. The lowest BCUT2D eigenvalue weighted by Crippen LogP contribution is -1.97. The van der Waals surface area contributed by atoms with Crippen molar-refractivity contribution in [3.05, 3.63) is 29.8 Å². The highest BCUT2D eigenvalue weighted by Gasteiger charge is 2.15. The Labute approximate surface area is 111 Å². The second kappa shape index (κ2) is 4.56. The van der Waals surface area contributed by atoms with Gasteiger partial charge in [0.2, 0.25) is 4.96 Å². The van der Waals surface area contributed by atoms with Gasteiger partial charge in [0.05, 0.1) is 0 Å². The van der Waals surface area contributed by atoms with Gasteiger partial charge in [-0.3, -0.25) is 0 Å². The van der Waals surface area contributed by atoms with E-state index >= 15 is 0 Å². The molecule has 0 radical (unpaired) electrons. The van der Waals surface area contributed by atoms with E-state index in [1.165, 1.54) is 17.4 Å². The summed E-state index contributed by atoms with van der Waals surface area (Å²) in [5, 5.41) is 12.7. The molecule has 0 aliphatic rings. The first kappa shape index (κ1) is 12.0. The van der Waals surface area contributed by atoms with Crippen molar-refractivity contribution >= 4 is 22.0 Å². The van der Waals surface area contributed by atoms with Gasteiger partial charge in [0.25, 0.3) is 0 Å². The van der Waals surface area contributed by atoms with Crippen LogP contribution in [0.15, 0.2) is 18.2 Å². The molecule has 0 bridgehead atoms. The Morgan fingerprint density at radius 3 is 3.00 bits per heavy atom. The van der Waals surface area contributed by atoms with E-state index in [1.807, 2.05) is 0 Å². The third kappa shape index (κ3) is 2.04. The number of rotatable bonds is 3. The zero-order valence-corrected chi connectivity index (χ0v) is 10.8. The second-order valence-electron chi connectivity index (χ2n) is 3.89. The van der Waals surface area contributed by atoms with E-state index in [0.717, 1.165) is 0 Å². The number of aromatic nitrogens is 4. The minimum Gasteiger partial charge on any atom is -0.399 e. The topological polar surface area (TPSA) is 78.3 Å². The number of hydrogen-bond acceptors (Lipinski definition) is 6. The first-order valence-corrected chi connectivity index (χ1v) is 6.26. The number of halogens is 1. The fourth-order valence-corrected chi connectivity index (χ4v) is 2.58. The van der Waals surface area contributed by atoms with Crippen molar-refractivity contribution < 1.29 is 9.13 Å². The van der Waals surface area contributed by atoms with Crippen molar-refractivity contribution in [1.82, 2.24) is 19.8 Å². The fourth-order valence-electron chi connectivity index (χ4n) is 1.69. The normalized spacial score (nSPS) is 11.3. The number of methoxy groups -OCH3 is 1. The Morgan fingerprint density at radius 2 is 2.26 bits per heavy atom. The van der Waals surface area contributed by atoms with Gasteiger partial charge in [0.15, 0.2) is 10.8 Å². The quantitative estimate of drug-likeness (QED) is 0.738. The van der Waals surface area contributed by atoms with Crippen LogP contribution in [0.2, 0.25) is 0 Å². The number of ether oxygens (including phenoxy) is 1. The molecule has 0 spiro atoms. The van der Waals surface area contributed by atoms with Crippen LogP contribution < -0.4 is 5.73 Å². The first-order chi connectivity index (χ1) is 9.19. The van der Waals surface area contributed by atoms with Crippen molar-refractivity contribution in [3.63, 3.8) is 0 Å². The van der Waals surface area contributed by atoms with Crippen LogP contribution in [0.3, 0.4) is 0 Å². The van der Waals surface area contributed by atoms with Gasteiger partial charge in [0, 0.05) is 18.4 Å². The van der Waals surface area contributed by atoms with Crippen molar-refractivity contribution in [2.45, 2.75) is 6.61 Å². The molecule has 98 valence electrons. The molecule has 0 unspecified atom stereocenters. The van der Waals surface area contributed by atoms with Crippen molar-refractivity contribution in [3.8, 4) is 10.6 Å². The SMILES string of the molecule is COCc1nnc2sc(-c3ccc(N)cc3F)nn12. The molecule has 0 aliphatic carbocycles. The molecule has 0 amide bonds. The molecule has 2 aromatic heterocycles. The van der Waals surface area contributed by atoms with E-state index in [0.29, 0.717) is 33.7 Å². The maximum Gasteiger partial charge on any atom is 0.235 e. The van der Waals surface area contributed by atoms with E-state index in [1.54, 1.807) is 23.8 Å². The number of anilines is 1. The number of benzene rings is 1. The molecule has 0 fully saturated rings. The van der Waals surface area contributed by atoms with Crippen LogP contribution >= 0.6 is 11.3 Å². The van der Waals surface area contributed by atoms with E-state index in [9.17, 15) is 4.39 Å². The van der Waals surface area contributed by atoms with E-state index in [4.69, 9.17) is 10.5 Å². The molecule has 8 heteroatoms. The average Bonchev–Trinajstić information content (AvgIpc) is 2.91. The van der Waals surface area contributed by atoms with Crippen molar-refractivity contribution in [2.75, 3.05) is 12.8 Å². The third-order valence-electron chi connectivity index (χ3n) is 2.55. The van der Waals surface area contributed by atoms with E-state index in [2.05, 4.69) is 15.3 Å². The zero-order chi connectivity index (χ0) is 13.4. The monoisotopic (exact) mass is 279 g/mol. The van der Waals surface area contributed by atoms with Gasteiger partial charge in [-0.2, -0.15) is 9.61 Å². The van der Waals surface area contributed by atoms with Gasteiger partial charge in [-0.05, 0) is 18.2 Å². The molecule has 6 nitrogen and oxygen atoms in total.